The van der Waals surface area contributed by atoms with Gasteiger partial charge in [0, 0.05) is 12.8 Å². The highest BCUT2D eigenvalue weighted by Crippen LogP contribution is 2.26. The number of rotatable bonds is 38. The summed E-state index contributed by atoms with van der Waals surface area (Å²) in [6.07, 6.45) is 24.3. The van der Waals surface area contributed by atoms with E-state index >= 15 is 0 Å². The molecule has 2 saturated heterocycles. The lowest BCUT2D eigenvalue weighted by Gasteiger charge is -2.42. The van der Waals surface area contributed by atoms with Crippen LogP contribution in [0.2, 0.25) is 0 Å². The molecule has 2 fully saturated rings. The number of unbranched alkanes of at least 4 members (excludes halogenated alkanes) is 16. The number of aliphatic hydroxyl groups excluding tert-OH is 7. The van der Waals surface area contributed by atoms with Gasteiger partial charge in [-0.15, -0.1) is 0 Å². The normalized spacial score (nSPS) is 26.6. The topological polar surface area (TPSA) is 231 Å². The van der Waals surface area contributed by atoms with Crippen molar-refractivity contribution < 1.29 is 73.8 Å². The van der Waals surface area contributed by atoms with E-state index in [-0.39, 0.29) is 19.4 Å². The molecule has 0 aromatic carbocycles. The van der Waals surface area contributed by atoms with Crippen LogP contribution in [0.5, 0.6) is 0 Å². The molecule has 2 aliphatic heterocycles. The fourth-order valence-electron chi connectivity index (χ4n) is 7.68. The van der Waals surface area contributed by atoms with Crippen LogP contribution in [0.4, 0.5) is 0 Å². The van der Waals surface area contributed by atoms with Crippen molar-refractivity contribution in [3.63, 3.8) is 0 Å². The SMILES string of the molecule is CC/C=C\C/C=C\C/C=C\C/C=C\CCCCC(=O)OC(COC(=O)CCCCCCCCCCCCCCCCC)COC1OC(COC2OC(CO)C(O)C(O)C2O)C(O)C(O)C1O. The molecule has 11 atom stereocenters. The Morgan fingerprint density at radius 3 is 1.50 bits per heavy atom. The zero-order chi connectivity index (χ0) is 48.2. The zero-order valence-electron chi connectivity index (χ0n) is 40.2. The highest BCUT2D eigenvalue weighted by molar-refractivity contribution is 5.70. The maximum absolute atomic E-state index is 13.0. The highest BCUT2D eigenvalue weighted by Gasteiger charge is 2.47. The van der Waals surface area contributed by atoms with Crippen molar-refractivity contribution in [3.05, 3.63) is 48.6 Å². The van der Waals surface area contributed by atoms with Crippen molar-refractivity contribution in [3.8, 4) is 0 Å². The molecular formula is C51H88O15. The third-order valence-electron chi connectivity index (χ3n) is 11.8. The standard InChI is InChI=1S/C51H88O15/c1-3-5-7-9-11-13-15-17-19-21-23-25-27-29-31-33-42(53)61-36-39(64-43(54)34-32-30-28-26-24-22-20-18-16-14-12-10-8-6-4-2)37-62-50-49(60)47(58)45(56)41(66-50)38-63-51-48(59)46(57)44(55)40(35-52)65-51/h6,8,12,14,18,20,24,26,39-41,44-52,55-60H,3-5,7,9-11,13,15-17,19,21-23,25,27-38H2,1-2H3/b8-6-,14-12-,20-18-,26-24-. The number of esters is 2. The molecule has 2 heterocycles. The Bertz CT molecular complexity index is 1340. The van der Waals surface area contributed by atoms with Gasteiger partial charge in [0.2, 0.25) is 0 Å². The van der Waals surface area contributed by atoms with Crippen LogP contribution in [0.3, 0.4) is 0 Å². The van der Waals surface area contributed by atoms with Gasteiger partial charge in [-0.05, 0) is 51.4 Å². The van der Waals surface area contributed by atoms with Gasteiger partial charge in [0.1, 0.15) is 55.4 Å². The van der Waals surface area contributed by atoms with Gasteiger partial charge in [0.05, 0.1) is 19.8 Å². The van der Waals surface area contributed by atoms with Crippen molar-refractivity contribution in [1.82, 2.24) is 0 Å². The van der Waals surface area contributed by atoms with Crippen LogP contribution in [0.25, 0.3) is 0 Å². The molecule has 2 rings (SSSR count). The van der Waals surface area contributed by atoms with Gasteiger partial charge in [0.25, 0.3) is 0 Å². The summed E-state index contributed by atoms with van der Waals surface area (Å²) in [7, 11) is 0. The number of carbonyl (C=O) groups excluding carboxylic acids is 2. The molecule has 0 spiro atoms. The lowest BCUT2D eigenvalue weighted by atomic mass is 9.98. The number of aliphatic hydroxyl groups is 7. The number of hydrogen-bond acceptors (Lipinski definition) is 15. The van der Waals surface area contributed by atoms with Crippen LogP contribution < -0.4 is 0 Å². The fraction of sp³-hybridized carbons (Fsp3) is 0.804. The first-order chi connectivity index (χ1) is 32.0. The average Bonchev–Trinajstić information content (AvgIpc) is 3.31. The summed E-state index contributed by atoms with van der Waals surface area (Å²) in [5.41, 5.74) is 0. The minimum Gasteiger partial charge on any atom is -0.462 e. The largest absolute Gasteiger partial charge is 0.462 e. The Kier molecular flexibility index (Phi) is 34.6. The van der Waals surface area contributed by atoms with Gasteiger partial charge < -0.3 is 64.2 Å². The van der Waals surface area contributed by atoms with Crippen LogP contribution in [-0.4, -0.2) is 142 Å². The summed E-state index contributed by atoms with van der Waals surface area (Å²) in [5.74, 6) is -0.972. The summed E-state index contributed by atoms with van der Waals surface area (Å²) in [6, 6.07) is 0. The number of hydrogen-bond donors (Lipinski definition) is 7. The molecule has 0 radical (unpaired) electrons. The van der Waals surface area contributed by atoms with Crippen LogP contribution in [-0.2, 0) is 38.0 Å². The van der Waals surface area contributed by atoms with E-state index in [0.717, 1.165) is 57.8 Å². The first-order valence-electron chi connectivity index (χ1n) is 25.2. The molecule has 0 aromatic rings. The predicted molar refractivity (Wildman–Crippen MR) is 252 cm³/mol. The van der Waals surface area contributed by atoms with Gasteiger partial charge in [-0.2, -0.15) is 0 Å². The molecule has 7 N–H and O–H groups in total. The molecule has 66 heavy (non-hydrogen) atoms. The molecule has 11 unspecified atom stereocenters. The van der Waals surface area contributed by atoms with Crippen molar-refractivity contribution in [1.29, 1.82) is 0 Å². The zero-order valence-corrected chi connectivity index (χ0v) is 40.2. The van der Waals surface area contributed by atoms with Gasteiger partial charge in [-0.25, -0.2) is 0 Å². The average molecular weight is 941 g/mol. The van der Waals surface area contributed by atoms with Crippen LogP contribution >= 0.6 is 0 Å². The second-order valence-corrected chi connectivity index (χ2v) is 17.6. The Labute approximate surface area is 395 Å². The lowest BCUT2D eigenvalue weighted by molar-refractivity contribution is -0.332. The highest BCUT2D eigenvalue weighted by atomic mass is 16.7. The predicted octanol–water partition coefficient (Wildman–Crippen LogP) is 6.71. The number of allylic oxidation sites excluding steroid dienone is 8. The first kappa shape index (κ1) is 59.6. The summed E-state index contributed by atoms with van der Waals surface area (Å²) in [4.78, 5) is 25.7. The molecule has 2 aliphatic rings. The van der Waals surface area contributed by atoms with E-state index in [2.05, 4.69) is 62.5 Å². The van der Waals surface area contributed by atoms with Crippen molar-refractivity contribution in [2.75, 3.05) is 26.4 Å². The smallest absolute Gasteiger partial charge is 0.306 e. The maximum atomic E-state index is 13.0. The van der Waals surface area contributed by atoms with Gasteiger partial charge in [-0.3, -0.25) is 9.59 Å². The molecule has 382 valence electrons. The number of ether oxygens (including phenoxy) is 6. The van der Waals surface area contributed by atoms with Gasteiger partial charge in [-0.1, -0.05) is 152 Å². The summed E-state index contributed by atoms with van der Waals surface area (Å²) in [5, 5.41) is 72.0. The van der Waals surface area contributed by atoms with Gasteiger partial charge in [0.15, 0.2) is 18.7 Å². The first-order valence-corrected chi connectivity index (χ1v) is 25.2. The van der Waals surface area contributed by atoms with E-state index in [4.69, 9.17) is 28.4 Å². The van der Waals surface area contributed by atoms with E-state index < -0.39 is 99.3 Å². The van der Waals surface area contributed by atoms with Crippen molar-refractivity contribution in [2.45, 2.75) is 235 Å². The molecule has 0 amide bonds. The van der Waals surface area contributed by atoms with E-state index in [1.54, 1.807) is 0 Å². The Morgan fingerprint density at radius 2 is 0.955 bits per heavy atom. The summed E-state index contributed by atoms with van der Waals surface area (Å²) >= 11 is 0. The minimum atomic E-state index is -1.77. The molecule has 0 bridgehead atoms. The van der Waals surface area contributed by atoms with E-state index in [0.29, 0.717) is 12.8 Å². The van der Waals surface area contributed by atoms with E-state index in [9.17, 15) is 45.3 Å². The number of carbonyl (C=O) groups is 2. The molecule has 0 aliphatic carbocycles. The minimum absolute atomic E-state index is 0.113. The third kappa shape index (κ3) is 26.3. The maximum Gasteiger partial charge on any atom is 0.306 e. The quantitative estimate of drug-likeness (QED) is 0.0194. The van der Waals surface area contributed by atoms with E-state index in [1.807, 2.05) is 0 Å². The van der Waals surface area contributed by atoms with Crippen molar-refractivity contribution in [2.24, 2.45) is 0 Å². The lowest BCUT2D eigenvalue weighted by Crippen LogP contribution is -2.61. The molecule has 15 heteroatoms. The third-order valence-corrected chi connectivity index (χ3v) is 11.8. The fourth-order valence-corrected chi connectivity index (χ4v) is 7.68. The second kappa shape index (κ2) is 38.3. The molecule has 0 aromatic heterocycles. The molecular weight excluding hydrogens is 853 g/mol. The van der Waals surface area contributed by atoms with Crippen LogP contribution in [0.15, 0.2) is 48.6 Å². The van der Waals surface area contributed by atoms with Crippen LogP contribution in [0, 0.1) is 0 Å². The Morgan fingerprint density at radius 1 is 0.500 bits per heavy atom. The monoisotopic (exact) mass is 941 g/mol. The van der Waals surface area contributed by atoms with E-state index in [1.165, 1.54) is 70.6 Å². The second-order valence-electron chi connectivity index (χ2n) is 17.6. The van der Waals surface area contributed by atoms with Gasteiger partial charge >= 0.3 is 11.9 Å². The Balaban J connectivity index is 1.84. The Hall–Kier alpha value is -2.54. The van der Waals surface area contributed by atoms with Crippen molar-refractivity contribution >= 4 is 11.9 Å². The molecule has 0 saturated carbocycles. The molecule has 15 nitrogen and oxygen atoms in total. The summed E-state index contributed by atoms with van der Waals surface area (Å²) in [6.45, 7) is 2.43. The van der Waals surface area contributed by atoms with Crippen LogP contribution in [0.1, 0.15) is 168 Å². The summed E-state index contributed by atoms with van der Waals surface area (Å²) < 4.78 is 33.5.